The lowest BCUT2D eigenvalue weighted by atomic mass is 10.1. The summed E-state index contributed by atoms with van der Waals surface area (Å²) in [5.74, 6) is 0. The molecule has 1 aromatic carbocycles. The largest absolute Gasteiger partial charge is 0.396 e. The van der Waals surface area contributed by atoms with Gasteiger partial charge in [0.25, 0.3) is 0 Å². The van der Waals surface area contributed by atoms with Crippen molar-refractivity contribution >= 4 is 17.3 Å². The van der Waals surface area contributed by atoms with E-state index in [-0.39, 0.29) is 0 Å². The third-order valence-corrected chi connectivity index (χ3v) is 2.53. The first-order valence-electron chi connectivity index (χ1n) is 4.66. The molecule has 0 unspecified atom stereocenters. The van der Waals surface area contributed by atoms with Crippen molar-refractivity contribution in [3.8, 4) is 11.3 Å². The molecule has 76 valence electrons. The molecule has 0 amide bonds. The molecule has 0 radical (unpaired) electrons. The monoisotopic (exact) mass is 218 g/mol. The molecule has 0 saturated carbocycles. The Hall–Kier alpha value is -1.54. The maximum atomic E-state index is 5.86. The first-order chi connectivity index (χ1) is 7.16. The molecule has 2 N–H and O–H groups in total. The first kappa shape index (κ1) is 9.99. The number of aryl methyl sites for hydroxylation is 1. The second kappa shape index (κ2) is 3.91. The fourth-order valence-electron chi connectivity index (χ4n) is 1.33. The quantitative estimate of drug-likeness (QED) is 0.746. The average molecular weight is 219 g/mol. The van der Waals surface area contributed by atoms with Gasteiger partial charge in [0.05, 0.1) is 11.4 Å². The van der Waals surface area contributed by atoms with E-state index in [9.17, 15) is 0 Å². The van der Waals surface area contributed by atoms with Crippen molar-refractivity contribution in [2.75, 3.05) is 5.73 Å². The number of rotatable bonds is 1. The smallest absolute Gasteiger partial charge is 0.152 e. The number of pyridine rings is 1. The molecule has 0 spiro atoms. The molecule has 0 aliphatic rings. The molecule has 0 atom stereocenters. The zero-order valence-corrected chi connectivity index (χ0v) is 9.12. The molecule has 15 heavy (non-hydrogen) atoms. The highest BCUT2D eigenvalue weighted by Crippen LogP contribution is 2.23. The second-order valence-corrected chi connectivity index (χ2v) is 3.80. The molecule has 1 heterocycles. The minimum absolute atomic E-state index is 0.355. The molecule has 0 fully saturated rings. The minimum atomic E-state index is 0.355. The average Bonchev–Trinajstić information content (AvgIpc) is 2.23. The van der Waals surface area contributed by atoms with E-state index in [0.717, 1.165) is 11.3 Å². The van der Waals surface area contributed by atoms with Crippen LogP contribution in [0.3, 0.4) is 0 Å². The van der Waals surface area contributed by atoms with Gasteiger partial charge in [0, 0.05) is 5.56 Å². The molecular weight excluding hydrogens is 208 g/mol. The lowest BCUT2D eigenvalue weighted by molar-refractivity contribution is 1.32. The standard InChI is InChI=1S/C12H11ClN2/c1-8-2-4-9(5-3-8)11-7-6-10(14)12(13)15-11/h2-7H,14H2,1H3. The van der Waals surface area contributed by atoms with Gasteiger partial charge in [-0.05, 0) is 19.1 Å². The lowest BCUT2D eigenvalue weighted by Gasteiger charge is -2.03. The Balaban J connectivity index is 2.45. The summed E-state index contributed by atoms with van der Waals surface area (Å²) in [6.45, 7) is 2.05. The van der Waals surface area contributed by atoms with Crippen LogP contribution in [-0.2, 0) is 0 Å². The number of nitrogens with zero attached hydrogens (tertiary/aromatic N) is 1. The van der Waals surface area contributed by atoms with Crippen LogP contribution in [0.2, 0.25) is 5.15 Å². The van der Waals surface area contributed by atoms with E-state index in [1.807, 2.05) is 37.3 Å². The highest BCUT2D eigenvalue weighted by atomic mass is 35.5. The van der Waals surface area contributed by atoms with Gasteiger partial charge in [-0.25, -0.2) is 4.98 Å². The van der Waals surface area contributed by atoms with Crippen LogP contribution >= 0.6 is 11.6 Å². The van der Waals surface area contributed by atoms with Gasteiger partial charge in [0.15, 0.2) is 5.15 Å². The number of halogens is 1. The third-order valence-electron chi connectivity index (χ3n) is 2.22. The van der Waals surface area contributed by atoms with Crippen molar-refractivity contribution in [1.82, 2.24) is 4.98 Å². The molecule has 2 rings (SSSR count). The van der Waals surface area contributed by atoms with Crippen LogP contribution < -0.4 is 5.73 Å². The van der Waals surface area contributed by atoms with E-state index in [1.54, 1.807) is 6.07 Å². The Labute approximate surface area is 93.7 Å². The Morgan fingerprint density at radius 1 is 1.07 bits per heavy atom. The van der Waals surface area contributed by atoms with Crippen LogP contribution in [0.5, 0.6) is 0 Å². The number of benzene rings is 1. The first-order valence-corrected chi connectivity index (χ1v) is 5.03. The summed E-state index contributed by atoms with van der Waals surface area (Å²) in [5.41, 5.74) is 9.21. The van der Waals surface area contributed by atoms with Gasteiger partial charge >= 0.3 is 0 Å². The number of hydrogen-bond acceptors (Lipinski definition) is 2. The maximum absolute atomic E-state index is 5.86. The highest BCUT2D eigenvalue weighted by molar-refractivity contribution is 6.31. The molecule has 0 saturated heterocycles. The van der Waals surface area contributed by atoms with Crippen LogP contribution in [0.25, 0.3) is 11.3 Å². The van der Waals surface area contributed by atoms with Crippen LogP contribution in [0, 0.1) is 6.92 Å². The predicted octanol–water partition coefficient (Wildman–Crippen LogP) is 3.29. The lowest BCUT2D eigenvalue weighted by Crippen LogP contribution is -1.91. The van der Waals surface area contributed by atoms with Crippen LogP contribution in [0.15, 0.2) is 36.4 Å². The number of nitrogens with two attached hydrogens (primary N) is 1. The molecular formula is C12H11ClN2. The van der Waals surface area contributed by atoms with E-state index < -0.39 is 0 Å². The maximum Gasteiger partial charge on any atom is 0.152 e. The summed E-state index contributed by atoms with van der Waals surface area (Å²) in [7, 11) is 0. The highest BCUT2D eigenvalue weighted by Gasteiger charge is 2.02. The predicted molar refractivity (Wildman–Crippen MR) is 63.8 cm³/mol. The summed E-state index contributed by atoms with van der Waals surface area (Å²) in [4.78, 5) is 4.21. The van der Waals surface area contributed by atoms with Gasteiger partial charge in [0.2, 0.25) is 0 Å². The molecule has 2 aromatic rings. The summed E-state index contributed by atoms with van der Waals surface area (Å²) in [6, 6.07) is 11.8. The molecule has 2 nitrogen and oxygen atoms in total. The molecule has 0 aliphatic heterocycles. The Kier molecular flexibility index (Phi) is 2.60. The van der Waals surface area contributed by atoms with E-state index in [4.69, 9.17) is 17.3 Å². The Morgan fingerprint density at radius 2 is 1.73 bits per heavy atom. The van der Waals surface area contributed by atoms with Gasteiger partial charge < -0.3 is 5.73 Å². The molecule has 3 heteroatoms. The SMILES string of the molecule is Cc1ccc(-c2ccc(N)c(Cl)n2)cc1. The van der Waals surface area contributed by atoms with E-state index in [2.05, 4.69) is 4.98 Å². The normalized spacial score (nSPS) is 10.3. The van der Waals surface area contributed by atoms with Crippen molar-refractivity contribution < 1.29 is 0 Å². The molecule has 0 aliphatic carbocycles. The van der Waals surface area contributed by atoms with E-state index in [0.29, 0.717) is 10.8 Å². The van der Waals surface area contributed by atoms with Gasteiger partial charge in [-0.15, -0.1) is 0 Å². The summed E-state index contributed by atoms with van der Waals surface area (Å²) in [5, 5.41) is 0.355. The zero-order chi connectivity index (χ0) is 10.8. The third kappa shape index (κ3) is 2.10. The van der Waals surface area contributed by atoms with Gasteiger partial charge in [-0.1, -0.05) is 41.4 Å². The van der Waals surface area contributed by atoms with Gasteiger partial charge in [0.1, 0.15) is 0 Å². The summed E-state index contributed by atoms with van der Waals surface area (Å²) >= 11 is 5.86. The number of nitrogen functional groups attached to an aromatic ring is 1. The van der Waals surface area contributed by atoms with Crippen LogP contribution in [-0.4, -0.2) is 4.98 Å². The van der Waals surface area contributed by atoms with E-state index >= 15 is 0 Å². The van der Waals surface area contributed by atoms with Crippen LogP contribution in [0.1, 0.15) is 5.56 Å². The van der Waals surface area contributed by atoms with Crippen molar-refractivity contribution in [3.05, 3.63) is 47.1 Å². The van der Waals surface area contributed by atoms with Crippen molar-refractivity contribution in [2.45, 2.75) is 6.92 Å². The minimum Gasteiger partial charge on any atom is -0.396 e. The number of anilines is 1. The van der Waals surface area contributed by atoms with Crippen molar-refractivity contribution in [1.29, 1.82) is 0 Å². The summed E-state index contributed by atoms with van der Waals surface area (Å²) in [6.07, 6.45) is 0. The zero-order valence-electron chi connectivity index (χ0n) is 8.37. The van der Waals surface area contributed by atoms with Crippen molar-refractivity contribution in [3.63, 3.8) is 0 Å². The van der Waals surface area contributed by atoms with E-state index in [1.165, 1.54) is 5.56 Å². The Morgan fingerprint density at radius 3 is 2.33 bits per heavy atom. The van der Waals surface area contributed by atoms with Gasteiger partial charge in [-0.2, -0.15) is 0 Å². The van der Waals surface area contributed by atoms with Gasteiger partial charge in [-0.3, -0.25) is 0 Å². The van der Waals surface area contributed by atoms with Crippen molar-refractivity contribution in [2.24, 2.45) is 0 Å². The number of aromatic nitrogens is 1. The second-order valence-electron chi connectivity index (χ2n) is 3.44. The van der Waals surface area contributed by atoms with Crippen LogP contribution in [0.4, 0.5) is 5.69 Å². The Bertz CT molecular complexity index is 477. The topological polar surface area (TPSA) is 38.9 Å². The molecule has 1 aromatic heterocycles. The fraction of sp³-hybridized carbons (Fsp3) is 0.0833. The summed E-state index contributed by atoms with van der Waals surface area (Å²) < 4.78 is 0. The number of hydrogen-bond donors (Lipinski definition) is 1. The fourth-order valence-corrected chi connectivity index (χ4v) is 1.48. The molecule has 0 bridgehead atoms.